The number of pyridine rings is 1. The average Bonchev–Trinajstić information content (AvgIpc) is 0.795. The molecule has 0 aliphatic rings. The second-order valence-corrected chi connectivity index (χ2v) is 20.0. The smallest absolute Gasteiger partial charge is 0.149 e. The number of hydrogen-bond acceptors (Lipinski definition) is 3. The molecule has 0 aliphatic heterocycles. The average molecular weight is 961 g/mol. The molecular weight excluding hydrogens is 863 g/mol. The van der Waals surface area contributed by atoms with Gasteiger partial charge in [-0.1, -0.05) is 206 Å². The van der Waals surface area contributed by atoms with Crippen molar-refractivity contribution in [3.8, 4) is 78.6 Å². The molecule has 0 unspecified atom stereocenters. The maximum atomic E-state index is 13.2. The minimum Gasteiger partial charge on any atom is -0.507 e. The van der Waals surface area contributed by atoms with Crippen LogP contribution in [0.25, 0.3) is 83.9 Å². The lowest BCUT2D eigenvalue weighted by molar-refractivity contribution is 0.446. The van der Waals surface area contributed by atoms with Gasteiger partial charge >= 0.3 is 0 Å². The summed E-state index contributed by atoms with van der Waals surface area (Å²) in [6.45, 7) is -19.9. The molecule has 2 aromatic heterocycles. The van der Waals surface area contributed by atoms with Crippen LogP contribution < -0.4 is 0 Å². The van der Waals surface area contributed by atoms with E-state index in [1.165, 1.54) is 29.0 Å². The van der Waals surface area contributed by atoms with Crippen LogP contribution in [0.2, 0.25) is 0 Å². The van der Waals surface area contributed by atoms with Crippen LogP contribution in [0.3, 0.4) is 0 Å². The van der Waals surface area contributed by atoms with Crippen LogP contribution in [0.5, 0.6) is 5.75 Å². The molecule has 0 fully saturated rings. The molecule has 9 aromatic rings. The summed E-state index contributed by atoms with van der Waals surface area (Å²) in [6.07, 6.45) is 1.26. The largest absolute Gasteiger partial charge is 0.507 e. The Balaban J connectivity index is 1.41. The first-order chi connectivity index (χ1) is 44.6. The summed E-state index contributed by atoms with van der Waals surface area (Å²) in [6, 6.07) is 37.1. The van der Waals surface area contributed by atoms with E-state index in [1.807, 2.05) is 53.7 Å². The topological polar surface area (TPSA) is 50.9 Å². The molecule has 4 nitrogen and oxygen atoms in total. The maximum absolute atomic E-state index is 13.2. The quantitative estimate of drug-likeness (QED) is 0.165. The molecule has 0 atom stereocenters. The highest BCUT2D eigenvalue weighted by atomic mass is 16.3. The Hall–Kier alpha value is -7.04. The predicted octanol–water partition coefficient (Wildman–Crippen LogP) is 18.4. The van der Waals surface area contributed by atoms with Gasteiger partial charge in [0.2, 0.25) is 0 Å². The number of phenols is 1. The SMILES string of the molecule is [2H]c1cnc(-c2cc(-c3cccc4c3nc(-c3cc(C(C([2H])([2H])[2H])(C([2H])([2H])[2H])C([2H])([2H])[2H])cc(C(C([2H])([2H])[2H])(C([2H])([2H])[2H])C([2H])([2H])[2H])c3O)n4-c3ccc(C(C)(C)C)cc3-c3ccccc3)cc(C(C)(C)C)c2)c([2H])c1-c1ccc(-c2ccccc2C([2H])(C([2H])([2H])[2H])C([2H])([2H])[2H])cc1. The van der Waals surface area contributed by atoms with Gasteiger partial charge in [-0.25, -0.2) is 4.98 Å². The Bertz CT molecular complexity index is 4430. The van der Waals surface area contributed by atoms with Crippen molar-refractivity contribution in [3.63, 3.8) is 0 Å². The molecular formula is C67H71N3O. The van der Waals surface area contributed by atoms with Crippen molar-refractivity contribution in [2.45, 2.75) is 124 Å². The molecule has 2 heterocycles. The van der Waals surface area contributed by atoms with Gasteiger partial charge in [-0.15, -0.1) is 0 Å². The zero-order chi connectivity index (χ0) is 73.4. The first-order valence-electron chi connectivity index (χ1n) is 36.5. The fourth-order valence-corrected chi connectivity index (χ4v) is 8.88. The summed E-state index contributed by atoms with van der Waals surface area (Å²) in [5.41, 5.74) is -8.50. The Labute approximate surface area is 461 Å². The lowest BCUT2D eigenvalue weighted by atomic mass is 9.79. The van der Waals surface area contributed by atoms with E-state index >= 15 is 0 Å². The number of para-hydroxylation sites is 1. The molecule has 0 amide bonds. The molecule has 1 N–H and O–H groups in total. The normalized spacial score (nSPS) is 19.7. The molecule has 4 heteroatoms. The molecule has 0 radical (unpaired) electrons. The summed E-state index contributed by atoms with van der Waals surface area (Å²) in [5, 5.41) is 13.2. The summed E-state index contributed by atoms with van der Waals surface area (Å²) < 4.78 is 238. The van der Waals surface area contributed by atoms with Crippen LogP contribution in [0.15, 0.2) is 164 Å². The van der Waals surface area contributed by atoms with Crippen LogP contribution in [0.1, 0.15) is 167 Å². The highest BCUT2D eigenvalue weighted by molar-refractivity contribution is 5.98. The zero-order valence-electron chi connectivity index (χ0n) is 67.2. The second-order valence-electron chi connectivity index (χ2n) is 20.0. The first kappa shape index (κ1) is 25.9. The number of aromatic nitrogens is 3. The summed E-state index contributed by atoms with van der Waals surface area (Å²) in [5.74, 6) is -4.98. The molecule has 0 aliphatic carbocycles. The minimum atomic E-state index is -4.22. The van der Waals surface area contributed by atoms with E-state index < -0.39 is 111 Å². The van der Waals surface area contributed by atoms with E-state index in [-0.39, 0.29) is 62.8 Å². The Kier molecular flexibility index (Phi) is 6.67. The van der Waals surface area contributed by atoms with Gasteiger partial charge in [-0.3, -0.25) is 9.55 Å². The Morgan fingerprint density at radius 2 is 1.17 bits per heavy atom. The second kappa shape index (κ2) is 18.3. The minimum absolute atomic E-state index is 0.0375. The molecule has 360 valence electrons. The van der Waals surface area contributed by atoms with Gasteiger partial charge in [0.25, 0.3) is 0 Å². The van der Waals surface area contributed by atoms with Crippen molar-refractivity contribution in [2.75, 3.05) is 0 Å². The maximum Gasteiger partial charge on any atom is 0.149 e. The van der Waals surface area contributed by atoms with Gasteiger partial charge in [-0.2, -0.15) is 0 Å². The van der Waals surface area contributed by atoms with Gasteiger partial charge < -0.3 is 5.11 Å². The summed E-state index contributed by atoms with van der Waals surface area (Å²) in [4.78, 5) is 9.83. The Morgan fingerprint density at radius 3 is 1.87 bits per heavy atom. The van der Waals surface area contributed by atoms with Crippen molar-refractivity contribution < 1.29 is 42.1 Å². The van der Waals surface area contributed by atoms with Crippen molar-refractivity contribution in [1.29, 1.82) is 0 Å². The standard InChI is InChI=1S/C67H71N3O/c1-42(2)52-23-18-19-24-53(52)45-29-27-43(28-30-45)46-33-34-68-58(38-46)48-35-47(36-50(37-48)65(6,7)8)54-25-20-26-60-61(54)69-63(56-40-51(66(9,10)11)41-57(62(56)71)67(12,13)14)70(60)59-32-31-49(64(3,4)5)39-55(59)44-21-16-15-17-22-44/h15-42,71H,1-14H3/i1D3,2D3,9D3,10D3,11D3,12D3,13D3,14D3,33D,38D,42D. The van der Waals surface area contributed by atoms with Crippen LogP contribution in [-0.4, -0.2) is 19.6 Å². The van der Waals surface area contributed by atoms with Crippen LogP contribution in [-0.2, 0) is 21.7 Å². The molecule has 0 spiro atoms. The van der Waals surface area contributed by atoms with Gasteiger partial charge in [0.15, 0.2) is 0 Å². The van der Waals surface area contributed by atoms with Crippen LogP contribution in [0, 0.1) is 0 Å². The molecule has 9 rings (SSSR count). The molecule has 0 bridgehead atoms. The highest BCUT2D eigenvalue weighted by Gasteiger charge is 2.30. The van der Waals surface area contributed by atoms with E-state index in [2.05, 4.69) is 4.98 Å². The van der Waals surface area contributed by atoms with E-state index in [4.69, 9.17) is 40.6 Å². The number of phenolic OH excluding ortho intramolecular Hbond substituents is 1. The third kappa shape index (κ3) is 9.74. The fraction of sp³-hybridized carbons (Fsp3) is 0.284. The van der Waals surface area contributed by atoms with Crippen molar-refractivity contribution in [3.05, 3.63) is 192 Å². The predicted molar refractivity (Wildman–Crippen MR) is 302 cm³/mol. The third-order valence-electron chi connectivity index (χ3n) is 12.8. The van der Waals surface area contributed by atoms with Crippen molar-refractivity contribution in [1.82, 2.24) is 14.5 Å². The van der Waals surface area contributed by atoms with Crippen molar-refractivity contribution >= 4 is 11.0 Å². The van der Waals surface area contributed by atoms with E-state index in [9.17, 15) is 6.48 Å². The first-order valence-corrected chi connectivity index (χ1v) is 23.0. The van der Waals surface area contributed by atoms with Gasteiger partial charge in [0, 0.05) is 62.7 Å². The molecule has 0 saturated heterocycles. The molecule has 71 heavy (non-hydrogen) atoms. The van der Waals surface area contributed by atoms with E-state index in [1.54, 1.807) is 103 Å². The van der Waals surface area contributed by atoms with E-state index in [0.717, 1.165) is 5.56 Å². The number of hydrogen-bond donors (Lipinski definition) is 1. The van der Waals surface area contributed by atoms with Gasteiger partial charge in [0.1, 0.15) is 11.6 Å². The lowest BCUT2D eigenvalue weighted by Crippen LogP contribution is -2.17. The number of imidazole rings is 1. The monoisotopic (exact) mass is 961 g/mol. The fourth-order valence-electron chi connectivity index (χ4n) is 8.88. The molecule has 0 saturated carbocycles. The van der Waals surface area contributed by atoms with Crippen LogP contribution >= 0.6 is 0 Å². The number of benzene rings is 7. The lowest BCUT2D eigenvalue weighted by Gasteiger charge is -2.28. The number of rotatable bonds is 8. The zero-order valence-corrected chi connectivity index (χ0v) is 40.2. The van der Waals surface area contributed by atoms with Crippen molar-refractivity contribution in [2.24, 2.45) is 0 Å². The van der Waals surface area contributed by atoms with Gasteiger partial charge in [0.05, 0.1) is 30.7 Å². The Morgan fingerprint density at radius 1 is 0.535 bits per heavy atom. The number of aromatic hydroxyl groups is 1. The third-order valence-corrected chi connectivity index (χ3v) is 12.8. The van der Waals surface area contributed by atoms with Gasteiger partial charge in [-0.05, 0) is 132 Å². The summed E-state index contributed by atoms with van der Waals surface area (Å²) >= 11 is 0. The molecule has 7 aromatic carbocycles. The highest BCUT2D eigenvalue weighted by Crippen LogP contribution is 2.46. The number of fused-ring (bicyclic) bond motifs is 1. The van der Waals surface area contributed by atoms with Crippen LogP contribution in [0.4, 0.5) is 0 Å². The van der Waals surface area contributed by atoms with E-state index in [0.29, 0.717) is 45.0 Å². The summed E-state index contributed by atoms with van der Waals surface area (Å²) in [7, 11) is 0. The number of nitrogens with zero attached hydrogens (tertiary/aromatic N) is 3.